The number of nitrogens with zero attached hydrogens (tertiary/aromatic N) is 3. The highest BCUT2D eigenvalue weighted by molar-refractivity contribution is 7.13. The first-order chi connectivity index (χ1) is 14.2. The summed E-state index contributed by atoms with van der Waals surface area (Å²) in [7, 11) is 0. The van der Waals surface area contributed by atoms with Crippen LogP contribution < -0.4 is 5.32 Å². The predicted molar refractivity (Wildman–Crippen MR) is 113 cm³/mol. The Morgan fingerprint density at radius 1 is 1.20 bits per heavy atom. The summed E-state index contributed by atoms with van der Waals surface area (Å²) in [5, 5.41) is 5.02. The summed E-state index contributed by atoms with van der Waals surface area (Å²) in [6.07, 6.45) is 0.131. The van der Waals surface area contributed by atoms with Gasteiger partial charge in [-0.15, -0.1) is 11.3 Å². The van der Waals surface area contributed by atoms with Crippen LogP contribution in [0.3, 0.4) is 0 Å². The van der Waals surface area contributed by atoms with E-state index < -0.39 is 5.82 Å². The number of hydrogen-bond donors (Lipinski definition) is 1. The van der Waals surface area contributed by atoms with E-state index >= 15 is 0 Å². The number of amides is 3. The SMILES string of the molecule is CC(C)C(=O)Nc1nc(CC(=O)N2CCN(C(=O)c3ccc(F)cc3Cl)CC2)cs1. The molecule has 10 heteroatoms. The third-order valence-corrected chi connectivity index (χ3v) is 5.84. The van der Waals surface area contributed by atoms with Crippen LogP contribution in [0, 0.1) is 11.7 Å². The van der Waals surface area contributed by atoms with Crippen LogP contribution in [-0.2, 0) is 16.0 Å². The van der Waals surface area contributed by atoms with Gasteiger partial charge in [0.15, 0.2) is 5.13 Å². The number of thiazole rings is 1. The second kappa shape index (κ2) is 9.53. The zero-order chi connectivity index (χ0) is 21.8. The van der Waals surface area contributed by atoms with Crippen molar-refractivity contribution in [1.82, 2.24) is 14.8 Å². The lowest BCUT2D eigenvalue weighted by molar-refractivity contribution is -0.132. The van der Waals surface area contributed by atoms with Crippen LogP contribution in [0.15, 0.2) is 23.6 Å². The van der Waals surface area contributed by atoms with Crippen molar-refractivity contribution >= 4 is 45.8 Å². The lowest BCUT2D eigenvalue weighted by Crippen LogP contribution is -2.51. The Hall–Kier alpha value is -2.52. The van der Waals surface area contributed by atoms with Crippen LogP contribution in [-0.4, -0.2) is 58.7 Å². The molecular weight excluding hydrogens is 431 g/mol. The zero-order valence-corrected chi connectivity index (χ0v) is 18.2. The molecule has 3 rings (SSSR count). The summed E-state index contributed by atoms with van der Waals surface area (Å²) < 4.78 is 13.2. The Labute approximate surface area is 182 Å². The number of hydrogen-bond acceptors (Lipinski definition) is 5. The van der Waals surface area contributed by atoms with Gasteiger partial charge in [0, 0.05) is 37.5 Å². The molecule has 0 bridgehead atoms. The molecule has 1 aromatic heterocycles. The first-order valence-corrected chi connectivity index (χ1v) is 10.8. The lowest BCUT2D eigenvalue weighted by atomic mass is 10.1. The van der Waals surface area contributed by atoms with Crippen LogP contribution in [0.2, 0.25) is 5.02 Å². The van der Waals surface area contributed by atoms with Gasteiger partial charge in [-0.05, 0) is 18.2 Å². The molecule has 1 aliphatic heterocycles. The van der Waals surface area contributed by atoms with Crippen LogP contribution in [0.25, 0.3) is 0 Å². The third-order valence-electron chi connectivity index (χ3n) is 4.72. The average molecular weight is 453 g/mol. The number of nitrogens with one attached hydrogen (secondary N) is 1. The largest absolute Gasteiger partial charge is 0.339 e. The number of aromatic nitrogens is 1. The maximum atomic E-state index is 13.2. The minimum Gasteiger partial charge on any atom is -0.339 e. The fourth-order valence-electron chi connectivity index (χ4n) is 2.95. The fourth-order valence-corrected chi connectivity index (χ4v) is 3.92. The van der Waals surface area contributed by atoms with Gasteiger partial charge in [-0.25, -0.2) is 9.37 Å². The molecule has 0 saturated carbocycles. The van der Waals surface area contributed by atoms with E-state index in [0.717, 1.165) is 6.07 Å². The molecule has 0 atom stereocenters. The van der Waals surface area contributed by atoms with Gasteiger partial charge in [0.05, 0.1) is 22.7 Å². The molecule has 3 amide bonds. The summed E-state index contributed by atoms with van der Waals surface area (Å²) in [6, 6.07) is 3.68. The molecule has 0 unspecified atom stereocenters. The summed E-state index contributed by atoms with van der Waals surface area (Å²) in [5.41, 5.74) is 0.844. The minimum atomic E-state index is -0.499. The van der Waals surface area contributed by atoms with Crippen molar-refractivity contribution in [1.29, 1.82) is 0 Å². The molecule has 0 aliphatic carbocycles. The standard InChI is InChI=1S/C20H22ClFN4O3S/c1-12(2)18(28)24-20-23-14(11-30-20)10-17(27)25-5-7-26(8-6-25)19(29)15-4-3-13(22)9-16(15)21/h3-4,9,11-12H,5-8,10H2,1-2H3,(H,23,24,28). The molecule has 160 valence electrons. The Morgan fingerprint density at radius 3 is 2.50 bits per heavy atom. The molecule has 1 saturated heterocycles. The first-order valence-electron chi connectivity index (χ1n) is 9.52. The summed E-state index contributed by atoms with van der Waals surface area (Å²) >= 11 is 7.26. The van der Waals surface area contributed by atoms with Crippen molar-refractivity contribution in [3.8, 4) is 0 Å². The normalized spacial score (nSPS) is 14.2. The maximum absolute atomic E-state index is 13.2. The number of rotatable bonds is 5. The van der Waals surface area contributed by atoms with Crippen molar-refractivity contribution in [3.63, 3.8) is 0 Å². The molecule has 1 aromatic carbocycles. The number of piperazine rings is 1. The predicted octanol–water partition coefficient (Wildman–Crippen LogP) is 3.06. The van der Waals surface area contributed by atoms with Crippen LogP contribution >= 0.6 is 22.9 Å². The molecule has 0 spiro atoms. The van der Waals surface area contributed by atoms with Gasteiger partial charge in [-0.2, -0.15) is 0 Å². The third kappa shape index (κ3) is 5.34. The summed E-state index contributed by atoms with van der Waals surface area (Å²) in [5.74, 6) is -1.14. The molecule has 30 heavy (non-hydrogen) atoms. The summed E-state index contributed by atoms with van der Waals surface area (Å²) in [4.78, 5) is 44.5. The smallest absolute Gasteiger partial charge is 0.255 e. The van der Waals surface area contributed by atoms with Crippen molar-refractivity contribution in [3.05, 3.63) is 45.7 Å². The molecule has 2 aromatic rings. The number of halogens is 2. The Morgan fingerprint density at radius 2 is 1.87 bits per heavy atom. The van der Waals surface area contributed by atoms with Crippen LogP contribution in [0.1, 0.15) is 29.9 Å². The highest BCUT2D eigenvalue weighted by atomic mass is 35.5. The molecular formula is C20H22ClFN4O3S. The van der Waals surface area contributed by atoms with E-state index in [-0.39, 0.29) is 40.6 Å². The lowest BCUT2D eigenvalue weighted by Gasteiger charge is -2.35. The van der Waals surface area contributed by atoms with E-state index in [1.54, 1.807) is 29.0 Å². The molecule has 0 radical (unpaired) electrons. The van der Waals surface area contributed by atoms with Gasteiger partial charge in [0.2, 0.25) is 11.8 Å². The fraction of sp³-hybridized carbons (Fsp3) is 0.400. The number of carbonyl (C=O) groups is 3. The molecule has 1 fully saturated rings. The quantitative estimate of drug-likeness (QED) is 0.755. The van der Waals surface area contributed by atoms with Crippen molar-refractivity contribution in [2.45, 2.75) is 20.3 Å². The number of benzene rings is 1. The molecule has 2 heterocycles. The van der Waals surface area contributed by atoms with E-state index in [4.69, 9.17) is 11.6 Å². The Bertz CT molecular complexity index is 957. The molecule has 1 aliphatic rings. The van der Waals surface area contributed by atoms with Gasteiger partial charge >= 0.3 is 0 Å². The van der Waals surface area contributed by atoms with E-state index in [9.17, 15) is 18.8 Å². The average Bonchev–Trinajstić information content (AvgIpc) is 3.14. The van der Waals surface area contributed by atoms with E-state index in [2.05, 4.69) is 10.3 Å². The van der Waals surface area contributed by atoms with Crippen LogP contribution in [0.5, 0.6) is 0 Å². The molecule has 7 nitrogen and oxygen atoms in total. The Kier molecular flexibility index (Phi) is 7.04. The first kappa shape index (κ1) is 22.2. The van der Waals surface area contributed by atoms with Gasteiger partial charge in [0.25, 0.3) is 5.91 Å². The van der Waals surface area contributed by atoms with E-state index in [1.165, 1.54) is 23.5 Å². The van der Waals surface area contributed by atoms with E-state index in [0.29, 0.717) is 37.0 Å². The highest BCUT2D eigenvalue weighted by Gasteiger charge is 2.26. The van der Waals surface area contributed by atoms with Gasteiger partial charge in [-0.3, -0.25) is 14.4 Å². The second-order valence-electron chi connectivity index (χ2n) is 7.26. The number of carbonyl (C=O) groups excluding carboxylic acids is 3. The van der Waals surface area contributed by atoms with E-state index in [1.807, 2.05) is 0 Å². The maximum Gasteiger partial charge on any atom is 0.255 e. The Balaban J connectivity index is 1.52. The summed E-state index contributed by atoms with van der Waals surface area (Å²) in [6.45, 7) is 5.11. The van der Waals surface area contributed by atoms with Crippen molar-refractivity contribution in [2.24, 2.45) is 5.92 Å². The monoisotopic (exact) mass is 452 g/mol. The topological polar surface area (TPSA) is 82.6 Å². The van der Waals surface area contributed by atoms with Crippen LogP contribution in [0.4, 0.5) is 9.52 Å². The van der Waals surface area contributed by atoms with Gasteiger partial charge in [-0.1, -0.05) is 25.4 Å². The number of anilines is 1. The van der Waals surface area contributed by atoms with Crippen molar-refractivity contribution < 1.29 is 18.8 Å². The highest BCUT2D eigenvalue weighted by Crippen LogP contribution is 2.21. The van der Waals surface area contributed by atoms with Crippen molar-refractivity contribution in [2.75, 3.05) is 31.5 Å². The minimum absolute atomic E-state index is 0.0717. The zero-order valence-electron chi connectivity index (χ0n) is 16.7. The van der Waals surface area contributed by atoms with Gasteiger partial charge < -0.3 is 15.1 Å². The molecule has 1 N–H and O–H groups in total. The second-order valence-corrected chi connectivity index (χ2v) is 8.53. The van der Waals surface area contributed by atoms with Gasteiger partial charge in [0.1, 0.15) is 5.82 Å².